The molecule has 36 heavy (non-hydrogen) atoms. The number of ether oxygens (including phenoxy) is 1. The van der Waals surface area contributed by atoms with Crippen LogP contribution in [0.2, 0.25) is 10.0 Å². The van der Waals surface area contributed by atoms with Crippen molar-refractivity contribution in [1.82, 2.24) is 14.9 Å². The Balaban J connectivity index is 1.64. The molecule has 0 radical (unpaired) electrons. The molecule has 9 heteroatoms. The number of aromatic nitrogens is 2. The van der Waals surface area contributed by atoms with Crippen LogP contribution in [0, 0.1) is 0 Å². The number of carbonyl (C=O) groups is 1. The van der Waals surface area contributed by atoms with Crippen molar-refractivity contribution in [2.24, 2.45) is 0 Å². The molecule has 6 nitrogen and oxygen atoms in total. The summed E-state index contributed by atoms with van der Waals surface area (Å²) < 4.78 is 18.6. The number of benzene rings is 2. The fourth-order valence-electron chi connectivity index (χ4n) is 4.39. The monoisotopic (exact) mass is 530 g/mol. The Bertz CT molecular complexity index is 1210. The minimum absolute atomic E-state index is 0.145. The van der Waals surface area contributed by atoms with E-state index < -0.39 is 18.8 Å². The second-order valence-electron chi connectivity index (χ2n) is 8.58. The number of carbonyl (C=O) groups excluding carboxylic acids is 1. The highest BCUT2D eigenvalue weighted by Crippen LogP contribution is 2.33. The van der Waals surface area contributed by atoms with E-state index in [1.807, 2.05) is 50.2 Å². The zero-order valence-electron chi connectivity index (χ0n) is 20.3. The van der Waals surface area contributed by atoms with Gasteiger partial charge < -0.3 is 15.0 Å². The Morgan fingerprint density at radius 2 is 1.83 bits per heavy atom. The highest BCUT2D eigenvalue weighted by molar-refractivity contribution is 6.36. The van der Waals surface area contributed by atoms with Crippen LogP contribution in [-0.4, -0.2) is 52.7 Å². The van der Waals surface area contributed by atoms with Gasteiger partial charge in [-0.15, -0.1) is 0 Å². The molecule has 1 aliphatic rings. The SMILES string of the molecule is CCc1nc(-c2ccc(Cl)cc2Cl)c(CC)nc1NC1CN(Cc2ccccc2)C(=O)C1OCCF. The van der Waals surface area contributed by atoms with Crippen LogP contribution in [0.4, 0.5) is 10.2 Å². The van der Waals surface area contributed by atoms with E-state index in [1.54, 1.807) is 17.0 Å². The van der Waals surface area contributed by atoms with Gasteiger partial charge in [-0.05, 0) is 36.6 Å². The molecule has 1 fully saturated rings. The number of anilines is 1. The number of alkyl halides is 1. The van der Waals surface area contributed by atoms with E-state index in [9.17, 15) is 9.18 Å². The van der Waals surface area contributed by atoms with Crippen LogP contribution in [0.5, 0.6) is 0 Å². The summed E-state index contributed by atoms with van der Waals surface area (Å²) in [6, 6.07) is 14.7. The first-order valence-corrected chi connectivity index (χ1v) is 12.8. The third-order valence-corrected chi connectivity index (χ3v) is 6.69. The van der Waals surface area contributed by atoms with Gasteiger partial charge in [0.05, 0.1) is 34.8 Å². The topological polar surface area (TPSA) is 67.4 Å². The van der Waals surface area contributed by atoms with Crippen LogP contribution in [0.15, 0.2) is 48.5 Å². The van der Waals surface area contributed by atoms with Crippen molar-refractivity contribution >= 4 is 34.9 Å². The molecule has 2 atom stereocenters. The lowest BCUT2D eigenvalue weighted by molar-refractivity contribution is -0.138. The molecule has 1 aliphatic heterocycles. The van der Waals surface area contributed by atoms with Crippen molar-refractivity contribution in [1.29, 1.82) is 0 Å². The fraction of sp³-hybridized carbons (Fsp3) is 0.370. The molecule has 190 valence electrons. The molecule has 1 aromatic heterocycles. The molecule has 0 aliphatic carbocycles. The second kappa shape index (κ2) is 12.0. The predicted octanol–water partition coefficient (Wildman–Crippen LogP) is 5.75. The summed E-state index contributed by atoms with van der Waals surface area (Å²) in [5.74, 6) is 0.424. The molecule has 2 unspecified atom stereocenters. The number of nitrogens with one attached hydrogen (secondary N) is 1. The Morgan fingerprint density at radius 3 is 2.50 bits per heavy atom. The maximum absolute atomic E-state index is 13.2. The average Bonchev–Trinajstić information content (AvgIpc) is 3.16. The van der Waals surface area contributed by atoms with Gasteiger partial charge in [-0.2, -0.15) is 0 Å². The lowest BCUT2D eigenvalue weighted by atomic mass is 10.1. The number of likely N-dealkylation sites (tertiary alicyclic amines) is 1. The van der Waals surface area contributed by atoms with Gasteiger partial charge in [0, 0.05) is 23.7 Å². The fourth-order valence-corrected chi connectivity index (χ4v) is 4.89. The van der Waals surface area contributed by atoms with E-state index in [-0.39, 0.29) is 12.5 Å². The molecule has 4 rings (SSSR count). The van der Waals surface area contributed by atoms with Gasteiger partial charge in [-0.1, -0.05) is 67.4 Å². The first kappa shape index (κ1) is 26.3. The van der Waals surface area contributed by atoms with Gasteiger partial charge in [0.25, 0.3) is 5.91 Å². The standard InChI is InChI=1S/C27H29Cl2FN4O2/c1-3-21-24(19-11-10-18(28)14-20(19)29)31-22(4-2)26(32-21)33-23-16-34(15-17-8-6-5-7-9-17)27(35)25(23)36-13-12-30/h5-11,14,23,25H,3-4,12-13,15-16H2,1-2H3,(H,32,33). The molecule has 1 saturated heterocycles. The Hall–Kier alpha value is -2.74. The Labute approximate surface area is 220 Å². The molecular weight excluding hydrogens is 502 g/mol. The number of hydrogen-bond donors (Lipinski definition) is 1. The summed E-state index contributed by atoms with van der Waals surface area (Å²) in [5, 5.41) is 4.46. The lowest BCUT2D eigenvalue weighted by Gasteiger charge is -2.21. The lowest BCUT2D eigenvalue weighted by Crippen LogP contribution is -2.37. The average molecular weight is 531 g/mol. The molecule has 0 spiro atoms. The van der Waals surface area contributed by atoms with E-state index in [4.69, 9.17) is 37.9 Å². The first-order chi connectivity index (χ1) is 17.4. The van der Waals surface area contributed by atoms with Crippen molar-refractivity contribution in [3.05, 3.63) is 75.5 Å². The van der Waals surface area contributed by atoms with E-state index in [2.05, 4.69) is 5.32 Å². The van der Waals surface area contributed by atoms with Crippen LogP contribution >= 0.6 is 23.2 Å². The van der Waals surface area contributed by atoms with Crippen LogP contribution in [0.25, 0.3) is 11.3 Å². The zero-order chi connectivity index (χ0) is 25.7. The largest absolute Gasteiger partial charge is 0.363 e. The van der Waals surface area contributed by atoms with Gasteiger partial charge in [0.2, 0.25) is 0 Å². The molecule has 3 aromatic rings. The molecule has 1 N–H and O–H groups in total. The summed E-state index contributed by atoms with van der Waals surface area (Å²) in [6.45, 7) is 4.04. The van der Waals surface area contributed by atoms with Crippen molar-refractivity contribution < 1.29 is 13.9 Å². The van der Waals surface area contributed by atoms with Crippen molar-refractivity contribution in [2.45, 2.75) is 45.4 Å². The van der Waals surface area contributed by atoms with Crippen LogP contribution in [-0.2, 0) is 28.9 Å². The first-order valence-electron chi connectivity index (χ1n) is 12.1. The van der Waals surface area contributed by atoms with Gasteiger partial charge in [-0.3, -0.25) is 4.79 Å². The van der Waals surface area contributed by atoms with Gasteiger partial charge in [-0.25, -0.2) is 14.4 Å². The summed E-state index contributed by atoms with van der Waals surface area (Å²) in [7, 11) is 0. The van der Waals surface area contributed by atoms with Crippen molar-refractivity contribution in [3.8, 4) is 11.3 Å². The van der Waals surface area contributed by atoms with E-state index in [0.29, 0.717) is 47.5 Å². The second-order valence-corrected chi connectivity index (χ2v) is 9.42. The minimum Gasteiger partial charge on any atom is -0.363 e. The maximum atomic E-state index is 13.2. The third kappa shape index (κ3) is 5.80. The summed E-state index contributed by atoms with van der Waals surface area (Å²) >= 11 is 12.6. The zero-order valence-corrected chi connectivity index (χ0v) is 21.8. The maximum Gasteiger partial charge on any atom is 0.254 e. The summed E-state index contributed by atoms with van der Waals surface area (Å²) in [5.41, 5.74) is 4.00. The number of aryl methyl sites for hydroxylation is 2. The van der Waals surface area contributed by atoms with E-state index in [0.717, 1.165) is 22.5 Å². The highest BCUT2D eigenvalue weighted by Gasteiger charge is 2.41. The number of halogens is 3. The van der Waals surface area contributed by atoms with Crippen molar-refractivity contribution in [3.63, 3.8) is 0 Å². The van der Waals surface area contributed by atoms with Gasteiger partial charge in [0.1, 0.15) is 12.5 Å². The van der Waals surface area contributed by atoms with Crippen molar-refractivity contribution in [2.75, 3.05) is 25.1 Å². The van der Waals surface area contributed by atoms with Gasteiger partial charge >= 0.3 is 0 Å². The Kier molecular flexibility index (Phi) is 8.77. The van der Waals surface area contributed by atoms with E-state index in [1.165, 1.54) is 0 Å². The van der Waals surface area contributed by atoms with Crippen LogP contribution in [0.3, 0.4) is 0 Å². The third-order valence-electron chi connectivity index (χ3n) is 6.15. The molecule has 2 aromatic carbocycles. The molecule has 0 saturated carbocycles. The molecule has 1 amide bonds. The summed E-state index contributed by atoms with van der Waals surface area (Å²) in [6.07, 6.45) is 0.430. The predicted molar refractivity (Wildman–Crippen MR) is 141 cm³/mol. The van der Waals surface area contributed by atoms with E-state index >= 15 is 0 Å². The molecule has 0 bridgehead atoms. The molecular formula is C27H29Cl2FN4O2. The quantitative estimate of drug-likeness (QED) is 0.361. The molecule has 2 heterocycles. The number of nitrogens with zero attached hydrogens (tertiary/aromatic N) is 3. The van der Waals surface area contributed by atoms with Gasteiger partial charge in [0.15, 0.2) is 6.10 Å². The minimum atomic E-state index is -0.813. The normalized spacial score (nSPS) is 17.6. The van der Waals surface area contributed by atoms with Crippen LogP contribution in [0.1, 0.15) is 30.8 Å². The summed E-state index contributed by atoms with van der Waals surface area (Å²) in [4.78, 5) is 24.7. The number of rotatable bonds is 10. The number of hydrogen-bond acceptors (Lipinski definition) is 5. The Morgan fingerprint density at radius 1 is 1.08 bits per heavy atom. The number of amides is 1. The smallest absolute Gasteiger partial charge is 0.254 e. The van der Waals surface area contributed by atoms with Crippen LogP contribution < -0.4 is 5.32 Å². The highest BCUT2D eigenvalue weighted by atomic mass is 35.5.